The second-order valence-electron chi connectivity index (χ2n) is 9.75. The summed E-state index contributed by atoms with van der Waals surface area (Å²) in [7, 11) is 1.71. The predicted molar refractivity (Wildman–Crippen MR) is 138 cm³/mol. The standard InChI is InChI=1S/C27H29FN6O2/c1-5-34-22-13-10-18(14-20(22)27(2,3)25(34)36)31-26-29-15-21(28)23(32-26)33(4)19-11-6-16(7-12-19)24(35)30-17-8-9-17/h6-7,10-15,17H,5,8-9H2,1-4H3,(H,30,35)(H,29,31,32). The van der Waals surface area contributed by atoms with Crippen molar-refractivity contribution in [1.29, 1.82) is 0 Å². The Hall–Kier alpha value is -4.01. The minimum atomic E-state index is -0.639. The molecule has 2 amide bonds. The lowest BCUT2D eigenvalue weighted by atomic mass is 9.86. The molecular formula is C27H29FN6O2. The summed E-state index contributed by atoms with van der Waals surface area (Å²) >= 11 is 0. The van der Waals surface area contributed by atoms with Crippen molar-refractivity contribution >= 4 is 40.6 Å². The molecule has 8 nitrogen and oxygen atoms in total. The Morgan fingerprint density at radius 1 is 1.19 bits per heavy atom. The van der Waals surface area contributed by atoms with Crippen molar-refractivity contribution in [1.82, 2.24) is 15.3 Å². The first-order valence-electron chi connectivity index (χ1n) is 12.1. The normalized spacial score (nSPS) is 16.0. The molecular weight excluding hydrogens is 459 g/mol. The lowest BCUT2D eigenvalue weighted by Crippen LogP contribution is -2.35. The highest BCUT2D eigenvalue weighted by Crippen LogP contribution is 2.43. The van der Waals surface area contributed by atoms with Gasteiger partial charge in [-0.3, -0.25) is 9.59 Å². The zero-order valence-electron chi connectivity index (χ0n) is 20.8. The van der Waals surface area contributed by atoms with Crippen molar-refractivity contribution in [2.75, 3.05) is 28.7 Å². The first kappa shape index (κ1) is 23.7. The van der Waals surface area contributed by atoms with Crippen molar-refractivity contribution in [3.63, 3.8) is 0 Å². The predicted octanol–water partition coefficient (Wildman–Crippen LogP) is 4.66. The average Bonchev–Trinajstić information content (AvgIpc) is 3.66. The molecule has 5 rings (SSSR count). The number of halogens is 1. The summed E-state index contributed by atoms with van der Waals surface area (Å²) in [6, 6.07) is 12.9. The fourth-order valence-corrected chi connectivity index (χ4v) is 4.46. The molecule has 2 heterocycles. The average molecular weight is 489 g/mol. The Kier molecular flexibility index (Phi) is 5.86. The van der Waals surface area contributed by atoms with E-state index in [4.69, 9.17) is 0 Å². The van der Waals surface area contributed by atoms with E-state index in [9.17, 15) is 14.0 Å². The van der Waals surface area contributed by atoms with Gasteiger partial charge < -0.3 is 20.4 Å². The number of fused-ring (bicyclic) bond motifs is 1. The maximum Gasteiger partial charge on any atom is 0.251 e. The molecule has 0 unspecified atom stereocenters. The zero-order valence-corrected chi connectivity index (χ0v) is 20.8. The number of anilines is 5. The van der Waals surface area contributed by atoms with Gasteiger partial charge in [0.05, 0.1) is 11.6 Å². The lowest BCUT2D eigenvalue weighted by Gasteiger charge is -2.20. The molecule has 0 radical (unpaired) electrons. The van der Waals surface area contributed by atoms with Crippen LogP contribution in [-0.2, 0) is 10.2 Å². The fraction of sp³-hybridized carbons (Fsp3) is 0.333. The summed E-state index contributed by atoms with van der Waals surface area (Å²) in [5.41, 5.74) is 3.12. The van der Waals surface area contributed by atoms with Crippen LogP contribution < -0.4 is 20.4 Å². The number of nitrogens with zero attached hydrogens (tertiary/aromatic N) is 4. The molecule has 3 aromatic rings. The highest BCUT2D eigenvalue weighted by molar-refractivity contribution is 6.08. The molecule has 0 atom stereocenters. The van der Waals surface area contributed by atoms with Gasteiger partial charge in [-0.1, -0.05) is 0 Å². The minimum Gasteiger partial charge on any atom is -0.349 e. The summed E-state index contributed by atoms with van der Waals surface area (Å²) in [6.07, 6.45) is 3.17. The summed E-state index contributed by atoms with van der Waals surface area (Å²) in [4.78, 5) is 36.9. The highest BCUT2D eigenvalue weighted by atomic mass is 19.1. The molecule has 2 aliphatic rings. The number of amides is 2. The minimum absolute atomic E-state index is 0.0649. The molecule has 1 fully saturated rings. The van der Waals surface area contributed by atoms with Crippen LogP contribution >= 0.6 is 0 Å². The van der Waals surface area contributed by atoms with Crippen LogP contribution in [-0.4, -0.2) is 41.4 Å². The van der Waals surface area contributed by atoms with Crippen molar-refractivity contribution in [2.45, 2.75) is 45.1 Å². The van der Waals surface area contributed by atoms with Gasteiger partial charge in [-0.05, 0) is 81.6 Å². The van der Waals surface area contributed by atoms with Gasteiger partial charge in [0.1, 0.15) is 0 Å². The van der Waals surface area contributed by atoms with Gasteiger partial charge in [0.25, 0.3) is 5.91 Å². The molecule has 1 aromatic heterocycles. The summed E-state index contributed by atoms with van der Waals surface area (Å²) < 4.78 is 14.7. The first-order chi connectivity index (χ1) is 17.2. The number of hydrogen-bond acceptors (Lipinski definition) is 6. The molecule has 1 aliphatic carbocycles. The molecule has 0 bridgehead atoms. The zero-order chi connectivity index (χ0) is 25.6. The van der Waals surface area contributed by atoms with Gasteiger partial charge >= 0.3 is 0 Å². The second kappa shape index (κ2) is 8.89. The molecule has 0 saturated heterocycles. The molecule has 0 spiro atoms. The van der Waals surface area contributed by atoms with Crippen molar-refractivity contribution < 1.29 is 14.0 Å². The van der Waals surface area contributed by atoms with Crippen LogP contribution in [0.4, 0.5) is 33.2 Å². The Morgan fingerprint density at radius 3 is 2.58 bits per heavy atom. The monoisotopic (exact) mass is 488 g/mol. The van der Waals surface area contributed by atoms with Crippen LogP contribution in [0.25, 0.3) is 0 Å². The van der Waals surface area contributed by atoms with E-state index in [1.165, 1.54) is 0 Å². The van der Waals surface area contributed by atoms with E-state index < -0.39 is 11.2 Å². The molecule has 36 heavy (non-hydrogen) atoms. The van der Waals surface area contributed by atoms with Gasteiger partial charge in [-0.15, -0.1) is 0 Å². The van der Waals surface area contributed by atoms with Gasteiger partial charge in [0.15, 0.2) is 11.6 Å². The van der Waals surface area contributed by atoms with Crippen LogP contribution in [0.5, 0.6) is 0 Å². The topological polar surface area (TPSA) is 90.5 Å². The van der Waals surface area contributed by atoms with E-state index in [-0.39, 0.29) is 29.6 Å². The van der Waals surface area contributed by atoms with Crippen LogP contribution in [0.2, 0.25) is 0 Å². The largest absolute Gasteiger partial charge is 0.349 e. The second-order valence-corrected chi connectivity index (χ2v) is 9.75. The van der Waals surface area contributed by atoms with Crippen LogP contribution in [0.3, 0.4) is 0 Å². The quantitative estimate of drug-likeness (QED) is 0.503. The molecule has 2 N–H and O–H groups in total. The van der Waals surface area contributed by atoms with E-state index in [1.54, 1.807) is 41.1 Å². The number of carbonyl (C=O) groups excluding carboxylic acids is 2. The van der Waals surface area contributed by atoms with Gasteiger partial charge in [-0.25, -0.2) is 9.37 Å². The fourth-order valence-electron chi connectivity index (χ4n) is 4.46. The van der Waals surface area contributed by atoms with Crippen LogP contribution in [0.1, 0.15) is 49.5 Å². The molecule has 1 saturated carbocycles. The van der Waals surface area contributed by atoms with Gasteiger partial charge in [0, 0.05) is 42.3 Å². The number of benzene rings is 2. The maximum absolute atomic E-state index is 14.7. The Bertz CT molecular complexity index is 1340. The SMILES string of the molecule is CCN1C(=O)C(C)(C)c2cc(Nc3ncc(F)c(N(C)c4ccc(C(=O)NC5CC5)cc4)n3)ccc21. The van der Waals surface area contributed by atoms with E-state index in [0.29, 0.717) is 23.5 Å². The number of carbonyl (C=O) groups is 2. The first-order valence-corrected chi connectivity index (χ1v) is 12.1. The van der Waals surface area contributed by atoms with E-state index >= 15 is 0 Å². The van der Waals surface area contributed by atoms with Crippen LogP contribution in [0, 0.1) is 5.82 Å². The Labute approximate surface area is 209 Å². The van der Waals surface area contributed by atoms with Crippen molar-refractivity contribution in [2.24, 2.45) is 0 Å². The van der Waals surface area contributed by atoms with Crippen LogP contribution in [0.15, 0.2) is 48.7 Å². The molecule has 2 aromatic carbocycles. The smallest absolute Gasteiger partial charge is 0.251 e. The highest BCUT2D eigenvalue weighted by Gasteiger charge is 2.43. The molecule has 9 heteroatoms. The van der Waals surface area contributed by atoms with Crippen molar-refractivity contribution in [3.05, 3.63) is 65.6 Å². The third-order valence-corrected chi connectivity index (χ3v) is 6.79. The third kappa shape index (κ3) is 4.25. The summed E-state index contributed by atoms with van der Waals surface area (Å²) in [5.74, 6) is -0.287. The number of likely N-dealkylation sites (N-methyl/N-ethyl adjacent to an activating group) is 1. The number of rotatable bonds is 7. The van der Waals surface area contributed by atoms with Gasteiger partial charge in [0.2, 0.25) is 11.9 Å². The number of nitrogens with one attached hydrogen (secondary N) is 2. The van der Waals surface area contributed by atoms with E-state index in [0.717, 1.165) is 30.3 Å². The maximum atomic E-state index is 14.7. The van der Waals surface area contributed by atoms with Crippen molar-refractivity contribution in [3.8, 4) is 0 Å². The third-order valence-electron chi connectivity index (χ3n) is 6.79. The van der Waals surface area contributed by atoms with Gasteiger partial charge in [-0.2, -0.15) is 4.98 Å². The Morgan fingerprint density at radius 2 is 1.92 bits per heavy atom. The molecule has 1 aliphatic heterocycles. The van der Waals surface area contributed by atoms with E-state index in [2.05, 4.69) is 20.6 Å². The summed E-state index contributed by atoms with van der Waals surface area (Å²) in [5, 5.41) is 6.10. The summed E-state index contributed by atoms with van der Waals surface area (Å²) in [6.45, 7) is 6.38. The Balaban J connectivity index is 1.36. The lowest BCUT2D eigenvalue weighted by molar-refractivity contribution is -0.122. The number of hydrogen-bond donors (Lipinski definition) is 2. The number of aromatic nitrogens is 2. The van der Waals surface area contributed by atoms with E-state index in [1.807, 2.05) is 39.0 Å². The molecule has 186 valence electrons.